The molecule has 0 saturated heterocycles. The van der Waals surface area contributed by atoms with E-state index in [1.54, 1.807) is 12.5 Å². The molecule has 0 amide bonds. The van der Waals surface area contributed by atoms with Crippen LogP contribution in [0.5, 0.6) is 0 Å². The predicted molar refractivity (Wildman–Crippen MR) is 68.6 cm³/mol. The van der Waals surface area contributed by atoms with Crippen LogP contribution in [0.15, 0.2) is 24.4 Å². The fourth-order valence-corrected chi connectivity index (χ4v) is 1.95. The number of allylic oxidation sites excluding steroid dienone is 1. The molecule has 2 heteroatoms. The Morgan fingerprint density at radius 1 is 1.19 bits per heavy atom. The molecule has 92 valence electrons. The van der Waals surface area contributed by atoms with Gasteiger partial charge in [-0.15, -0.1) is 0 Å². The van der Waals surface area contributed by atoms with E-state index in [1.165, 1.54) is 44.9 Å². The first-order valence-corrected chi connectivity index (χ1v) is 6.62. The van der Waals surface area contributed by atoms with Crippen molar-refractivity contribution in [2.75, 3.05) is 0 Å². The molecular weight excluding hydrogens is 198 g/mol. The van der Waals surface area contributed by atoms with Crippen LogP contribution in [0.2, 0.25) is 0 Å². The van der Waals surface area contributed by atoms with Gasteiger partial charge in [0.15, 0.2) is 0 Å². The Kier molecular flexibility index (Phi) is 6.78. The molecule has 0 fully saturated rings. The Balaban J connectivity index is 2.01. The van der Waals surface area contributed by atoms with Gasteiger partial charge in [0.2, 0.25) is 0 Å². The molecule has 0 bridgehead atoms. The molecule has 1 atom stereocenters. The molecule has 1 rings (SSSR count). The molecule has 2 nitrogen and oxygen atoms in total. The average Bonchev–Trinajstić information content (AvgIpc) is 2.34. The summed E-state index contributed by atoms with van der Waals surface area (Å²) in [5, 5.41) is 3.07. The lowest BCUT2D eigenvalue weighted by atomic mass is 10.0. The second kappa shape index (κ2) is 8.26. The second-order valence-electron chi connectivity index (χ2n) is 4.59. The minimum atomic E-state index is 0.531. The molecule has 0 spiro atoms. The van der Waals surface area contributed by atoms with E-state index in [2.05, 4.69) is 19.2 Å². The third-order valence-corrected chi connectivity index (χ3v) is 3.07. The molecule has 0 aromatic heterocycles. The summed E-state index contributed by atoms with van der Waals surface area (Å²) < 4.78 is 5.45. The van der Waals surface area contributed by atoms with Crippen molar-refractivity contribution in [2.45, 2.75) is 58.8 Å². The molecule has 1 aliphatic heterocycles. The molecule has 1 unspecified atom stereocenters. The van der Waals surface area contributed by atoms with E-state index in [-0.39, 0.29) is 0 Å². The van der Waals surface area contributed by atoms with E-state index < -0.39 is 0 Å². The standard InChI is InChI=1S/C14H25NO/c1-3-4-5-6-7-8-9-13(2)14-12-15-10-11-16-14/h10-13,15H,3-9H2,1-2H3. The van der Waals surface area contributed by atoms with Gasteiger partial charge in [0, 0.05) is 18.3 Å². The van der Waals surface area contributed by atoms with Gasteiger partial charge in [-0.3, -0.25) is 0 Å². The van der Waals surface area contributed by atoms with Gasteiger partial charge in [0.1, 0.15) is 12.0 Å². The smallest absolute Gasteiger partial charge is 0.122 e. The molecule has 0 aliphatic carbocycles. The van der Waals surface area contributed by atoms with Crippen LogP contribution >= 0.6 is 0 Å². The number of hydrogen-bond donors (Lipinski definition) is 1. The van der Waals surface area contributed by atoms with Crippen LogP contribution in [0.1, 0.15) is 58.8 Å². The largest absolute Gasteiger partial charge is 0.466 e. The number of rotatable bonds is 8. The molecule has 1 N–H and O–H groups in total. The highest BCUT2D eigenvalue weighted by Crippen LogP contribution is 2.20. The number of ether oxygens (including phenoxy) is 1. The summed E-state index contributed by atoms with van der Waals surface area (Å²) in [7, 11) is 0. The molecule has 0 aromatic carbocycles. The molecule has 0 radical (unpaired) electrons. The lowest BCUT2D eigenvalue weighted by Crippen LogP contribution is -2.09. The number of nitrogens with one attached hydrogen (secondary N) is 1. The van der Waals surface area contributed by atoms with Crippen LogP contribution in [-0.4, -0.2) is 0 Å². The van der Waals surface area contributed by atoms with Crippen LogP contribution in [0.25, 0.3) is 0 Å². The Labute approximate surface area is 99.8 Å². The highest BCUT2D eigenvalue weighted by atomic mass is 16.5. The molecule has 0 saturated carbocycles. The van der Waals surface area contributed by atoms with E-state index in [0.29, 0.717) is 5.92 Å². The van der Waals surface area contributed by atoms with E-state index in [0.717, 1.165) is 5.76 Å². The van der Waals surface area contributed by atoms with Crippen molar-refractivity contribution in [1.82, 2.24) is 5.32 Å². The van der Waals surface area contributed by atoms with Crippen molar-refractivity contribution in [3.8, 4) is 0 Å². The highest BCUT2D eigenvalue weighted by Gasteiger charge is 2.10. The van der Waals surface area contributed by atoms with Crippen LogP contribution in [-0.2, 0) is 4.74 Å². The van der Waals surface area contributed by atoms with E-state index in [9.17, 15) is 0 Å². The van der Waals surface area contributed by atoms with E-state index in [4.69, 9.17) is 4.74 Å². The lowest BCUT2D eigenvalue weighted by Gasteiger charge is -2.17. The normalized spacial score (nSPS) is 16.2. The van der Waals surface area contributed by atoms with Crippen molar-refractivity contribution in [2.24, 2.45) is 5.92 Å². The van der Waals surface area contributed by atoms with Crippen LogP contribution in [0, 0.1) is 5.92 Å². The molecule has 0 aromatic rings. The van der Waals surface area contributed by atoms with Gasteiger partial charge in [-0.1, -0.05) is 52.4 Å². The zero-order valence-corrected chi connectivity index (χ0v) is 10.7. The van der Waals surface area contributed by atoms with Crippen molar-refractivity contribution >= 4 is 0 Å². The summed E-state index contributed by atoms with van der Waals surface area (Å²) in [6, 6.07) is 0. The fourth-order valence-electron chi connectivity index (χ4n) is 1.95. The molecule has 16 heavy (non-hydrogen) atoms. The summed E-state index contributed by atoms with van der Waals surface area (Å²) in [5.74, 6) is 1.60. The van der Waals surface area contributed by atoms with Gasteiger partial charge in [-0.2, -0.15) is 0 Å². The Bertz CT molecular complexity index is 233. The SMILES string of the molecule is CCCCCCCCC(C)C1=CNC=CO1. The maximum atomic E-state index is 5.45. The van der Waals surface area contributed by atoms with Crippen molar-refractivity contribution < 1.29 is 4.74 Å². The number of unbranched alkanes of at least 4 members (excludes halogenated alkanes) is 5. The monoisotopic (exact) mass is 223 g/mol. The minimum absolute atomic E-state index is 0.531. The van der Waals surface area contributed by atoms with Gasteiger partial charge >= 0.3 is 0 Å². The first-order valence-electron chi connectivity index (χ1n) is 6.62. The van der Waals surface area contributed by atoms with Gasteiger partial charge in [0.05, 0.1) is 0 Å². The fraction of sp³-hybridized carbons (Fsp3) is 0.714. The highest BCUT2D eigenvalue weighted by molar-refractivity contribution is 5.03. The summed E-state index contributed by atoms with van der Waals surface area (Å²) in [4.78, 5) is 0. The third-order valence-electron chi connectivity index (χ3n) is 3.07. The van der Waals surface area contributed by atoms with Crippen molar-refractivity contribution in [3.63, 3.8) is 0 Å². The quantitative estimate of drug-likeness (QED) is 0.619. The minimum Gasteiger partial charge on any atom is -0.466 e. The molecule has 1 aliphatic rings. The Morgan fingerprint density at radius 2 is 1.94 bits per heavy atom. The Morgan fingerprint density at radius 3 is 2.62 bits per heavy atom. The van der Waals surface area contributed by atoms with Crippen molar-refractivity contribution in [3.05, 3.63) is 24.4 Å². The van der Waals surface area contributed by atoms with Crippen LogP contribution < -0.4 is 5.32 Å². The predicted octanol–water partition coefficient (Wildman–Crippen LogP) is 4.31. The zero-order chi connectivity index (χ0) is 11.6. The van der Waals surface area contributed by atoms with E-state index >= 15 is 0 Å². The maximum Gasteiger partial charge on any atom is 0.122 e. The van der Waals surface area contributed by atoms with Crippen LogP contribution in [0.3, 0.4) is 0 Å². The van der Waals surface area contributed by atoms with Gasteiger partial charge in [-0.05, 0) is 6.42 Å². The number of hydrogen-bond acceptors (Lipinski definition) is 2. The summed E-state index contributed by atoms with van der Waals surface area (Å²) >= 11 is 0. The molecular formula is C14H25NO. The first-order chi connectivity index (χ1) is 7.84. The summed E-state index contributed by atoms with van der Waals surface area (Å²) in [5.41, 5.74) is 0. The van der Waals surface area contributed by atoms with Gasteiger partial charge in [-0.25, -0.2) is 0 Å². The average molecular weight is 223 g/mol. The molecule has 1 heterocycles. The first kappa shape index (κ1) is 13.1. The van der Waals surface area contributed by atoms with Gasteiger partial charge in [0.25, 0.3) is 0 Å². The summed E-state index contributed by atoms with van der Waals surface area (Å²) in [6.45, 7) is 4.49. The van der Waals surface area contributed by atoms with E-state index in [1.807, 2.05) is 6.20 Å². The zero-order valence-electron chi connectivity index (χ0n) is 10.7. The van der Waals surface area contributed by atoms with Crippen molar-refractivity contribution in [1.29, 1.82) is 0 Å². The summed E-state index contributed by atoms with van der Waals surface area (Å²) in [6.07, 6.45) is 14.9. The Hall–Kier alpha value is -0.920. The maximum absolute atomic E-state index is 5.45. The second-order valence-corrected chi connectivity index (χ2v) is 4.59. The topological polar surface area (TPSA) is 21.3 Å². The van der Waals surface area contributed by atoms with Gasteiger partial charge < -0.3 is 10.1 Å². The van der Waals surface area contributed by atoms with Crippen LogP contribution in [0.4, 0.5) is 0 Å². The lowest BCUT2D eigenvalue weighted by molar-refractivity contribution is 0.276. The third kappa shape index (κ3) is 5.24.